The van der Waals surface area contributed by atoms with Gasteiger partial charge in [-0.3, -0.25) is 19.5 Å². The van der Waals surface area contributed by atoms with Gasteiger partial charge in [-0.25, -0.2) is 4.68 Å². The van der Waals surface area contributed by atoms with E-state index in [1.165, 1.54) is 4.68 Å². The number of amides is 1. The Balaban J connectivity index is 1.87. The van der Waals surface area contributed by atoms with Crippen LogP contribution in [0.1, 0.15) is 6.42 Å². The lowest BCUT2D eigenvalue weighted by molar-refractivity contribution is -0.121. The summed E-state index contributed by atoms with van der Waals surface area (Å²) in [7, 11) is 1.59. The zero-order chi connectivity index (χ0) is 17.4. The SMILES string of the molecule is COCCOCCNC(=O)CCn1[nH]c(=O)c2ccccc2c1=O. The number of nitrogens with zero attached hydrogens (tertiary/aromatic N) is 1. The Morgan fingerprint density at radius 1 is 1.17 bits per heavy atom. The summed E-state index contributed by atoms with van der Waals surface area (Å²) in [5.74, 6) is -0.216. The minimum absolute atomic E-state index is 0.0895. The Labute approximate surface area is 138 Å². The smallest absolute Gasteiger partial charge is 0.273 e. The van der Waals surface area contributed by atoms with Crippen LogP contribution >= 0.6 is 0 Å². The van der Waals surface area contributed by atoms with Crippen LogP contribution in [0.3, 0.4) is 0 Å². The van der Waals surface area contributed by atoms with Gasteiger partial charge < -0.3 is 14.8 Å². The number of fused-ring (bicyclic) bond motifs is 1. The largest absolute Gasteiger partial charge is 0.382 e. The lowest BCUT2D eigenvalue weighted by Crippen LogP contribution is -2.33. The van der Waals surface area contributed by atoms with Crippen molar-refractivity contribution in [2.45, 2.75) is 13.0 Å². The molecule has 0 saturated carbocycles. The zero-order valence-electron chi connectivity index (χ0n) is 13.5. The van der Waals surface area contributed by atoms with Crippen molar-refractivity contribution >= 4 is 16.7 Å². The van der Waals surface area contributed by atoms with Crippen molar-refractivity contribution in [3.63, 3.8) is 0 Å². The third-order valence-corrected chi connectivity index (χ3v) is 3.45. The van der Waals surface area contributed by atoms with Gasteiger partial charge in [-0.15, -0.1) is 0 Å². The predicted molar refractivity (Wildman–Crippen MR) is 89.2 cm³/mol. The summed E-state index contributed by atoms with van der Waals surface area (Å²) in [6.07, 6.45) is 0.0895. The Hall–Kier alpha value is -2.45. The van der Waals surface area contributed by atoms with E-state index >= 15 is 0 Å². The van der Waals surface area contributed by atoms with Crippen LogP contribution in [0.2, 0.25) is 0 Å². The van der Waals surface area contributed by atoms with Crippen molar-refractivity contribution in [1.29, 1.82) is 0 Å². The fraction of sp³-hybridized carbons (Fsp3) is 0.438. The molecule has 0 unspecified atom stereocenters. The molecule has 0 aliphatic rings. The lowest BCUT2D eigenvalue weighted by Gasteiger charge is -2.08. The molecule has 1 aromatic carbocycles. The standard InChI is InChI=1S/C16H21N3O5/c1-23-10-11-24-9-7-17-14(20)6-8-19-16(22)13-5-3-2-4-12(13)15(21)18-19/h2-5H,6-11H2,1H3,(H,17,20)(H,18,21). The molecule has 2 N–H and O–H groups in total. The van der Waals surface area contributed by atoms with E-state index in [4.69, 9.17) is 9.47 Å². The van der Waals surface area contributed by atoms with Gasteiger partial charge in [-0.05, 0) is 12.1 Å². The predicted octanol–water partition coefficient (Wildman–Crippen LogP) is -0.141. The Morgan fingerprint density at radius 2 is 1.92 bits per heavy atom. The van der Waals surface area contributed by atoms with Crippen molar-refractivity contribution in [2.75, 3.05) is 33.5 Å². The minimum Gasteiger partial charge on any atom is -0.382 e. The van der Waals surface area contributed by atoms with Gasteiger partial charge in [0.2, 0.25) is 5.91 Å². The first-order valence-corrected chi connectivity index (χ1v) is 7.68. The number of aromatic nitrogens is 2. The molecule has 1 amide bonds. The maximum atomic E-state index is 12.3. The van der Waals surface area contributed by atoms with Crippen molar-refractivity contribution in [2.24, 2.45) is 0 Å². The van der Waals surface area contributed by atoms with Gasteiger partial charge in [0.25, 0.3) is 11.1 Å². The number of H-pyrrole nitrogens is 1. The van der Waals surface area contributed by atoms with E-state index in [1.807, 2.05) is 0 Å². The fourth-order valence-electron chi connectivity index (χ4n) is 2.21. The summed E-state index contributed by atoms with van der Waals surface area (Å²) in [6.45, 7) is 1.86. The van der Waals surface area contributed by atoms with Gasteiger partial charge in [-0.2, -0.15) is 0 Å². The fourth-order valence-corrected chi connectivity index (χ4v) is 2.21. The molecule has 2 aromatic rings. The van der Waals surface area contributed by atoms with Crippen LogP contribution in [-0.4, -0.2) is 49.2 Å². The maximum Gasteiger partial charge on any atom is 0.273 e. The molecule has 1 aromatic heterocycles. The molecule has 24 heavy (non-hydrogen) atoms. The summed E-state index contributed by atoms with van der Waals surface area (Å²) >= 11 is 0. The number of methoxy groups -OCH3 is 1. The number of carbonyl (C=O) groups excluding carboxylic acids is 1. The number of aromatic amines is 1. The summed E-state index contributed by atoms with van der Waals surface area (Å²) in [5.41, 5.74) is -0.668. The van der Waals surface area contributed by atoms with E-state index in [0.717, 1.165) is 0 Å². The van der Waals surface area contributed by atoms with Crippen LogP contribution in [-0.2, 0) is 20.8 Å². The highest BCUT2D eigenvalue weighted by atomic mass is 16.5. The molecule has 8 heteroatoms. The van der Waals surface area contributed by atoms with E-state index in [2.05, 4.69) is 10.4 Å². The Morgan fingerprint density at radius 3 is 2.67 bits per heavy atom. The molecule has 130 valence electrons. The summed E-state index contributed by atoms with van der Waals surface area (Å²) < 4.78 is 11.2. The normalized spacial score (nSPS) is 10.9. The second kappa shape index (κ2) is 8.99. The molecule has 2 rings (SSSR count). The Bertz CT molecular complexity index is 796. The molecular formula is C16H21N3O5. The lowest BCUT2D eigenvalue weighted by atomic mass is 10.2. The molecule has 0 spiro atoms. The molecule has 0 aliphatic carbocycles. The maximum absolute atomic E-state index is 12.3. The van der Waals surface area contributed by atoms with Crippen molar-refractivity contribution in [3.05, 3.63) is 45.0 Å². The van der Waals surface area contributed by atoms with Crippen LogP contribution in [0.5, 0.6) is 0 Å². The number of aryl methyl sites for hydroxylation is 1. The molecule has 0 radical (unpaired) electrons. The highest BCUT2D eigenvalue weighted by Crippen LogP contribution is 2.02. The summed E-state index contributed by atoms with van der Waals surface area (Å²) in [4.78, 5) is 36.0. The number of ether oxygens (including phenoxy) is 2. The van der Waals surface area contributed by atoms with Gasteiger partial charge in [0.1, 0.15) is 0 Å². The average molecular weight is 335 g/mol. The number of carbonyl (C=O) groups is 1. The van der Waals surface area contributed by atoms with E-state index in [1.54, 1.807) is 31.4 Å². The number of nitrogens with one attached hydrogen (secondary N) is 2. The second-order valence-corrected chi connectivity index (χ2v) is 5.15. The van der Waals surface area contributed by atoms with E-state index < -0.39 is 0 Å². The van der Waals surface area contributed by atoms with Crippen LogP contribution in [0, 0.1) is 0 Å². The molecule has 1 heterocycles. The second-order valence-electron chi connectivity index (χ2n) is 5.15. The van der Waals surface area contributed by atoms with Gasteiger partial charge in [0.05, 0.1) is 37.1 Å². The van der Waals surface area contributed by atoms with Gasteiger partial charge in [-0.1, -0.05) is 12.1 Å². The topological polar surface area (TPSA) is 102 Å². The van der Waals surface area contributed by atoms with Crippen LogP contribution < -0.4 is 16.4 Å². The monoisotopic (exact) mass is 335 g/mol. The number of hydrogen-bond donors (Lipinski definition) is 2. The van der Waals surface area contributed by atoms with Crippen LogP contribution in [0.25, 0.3) is 10.8 Å². The van der Waals surface area contributed by atoms with Crippen LogP contribution in [0.4, 0.5) is 0 Å². The minimum atomic E-state index is -0.350. The molecule has 0 fully saturated rings. The van der Waals surface area contributed by atoms with Gasteiger partial charge in [0.15, 0.2) is 0 Å². The molecular weight excluding hydrogens is 314 g/mol. The highest BCUT2D eigenvalue weighted by Gasteiger charge is 2.08. The molecule has 0 atom stereocenters. The molecule has 0 saturated heterocycles. The number of benzene rings is 1. The molecule has 0 bridgehead atoms. The quantitative estimate of drug-likeness (QED) is 0.621. The summed E-state index contributed by atoms with van der Waals surface area (Å²) in [5, 5.41) is 5.87. The van der Waals surface area contributed by atoms with Crippen molar-refractivity contribution in [1.82, 2.24) is 15.1 Å². The third-order valence-electron chi connectivity index (χ3n) is 3.45. The molecule has 0 aliphatic heterocycles. The highest BCUT2D eigenvalue weighted by molar-refractivity contribution is 5.80. The van der Waals surface area contributed by atoms with Gasteiger partial charge in [0, 0.05) is 20.1 Å². The third kappa shape index (κ3) is 4.77. The Kier molecular flexibility index (Phi) is 6.71. The molecule has 8 nitrogen and oxygen atoms in total. The van der Waals surface area contributed by atoms with Crippen molar-refractivity contribution < 1.29 is 14.3 Å². The van der Waals surface area contributed by atoms with Crippen LogP contribution in [0.15, 0.2) is 33.9 Å². The number of hydrogen-bond acceptors (Lipinski definition) is 5. The first-order chi connectivity index (χ1) is 11.6. The van der Waals surface area contributed by atoms with E-state index in [0.29, 0.717) is 37.1 Å². The van der Waals surface area contributed by atoms with Gasteiger partial charge >= 0.3 is 0 Å². The average Bonchev–Trinajstić information content (AvgIpc) is 2.60. The first kappa shape index (κ1) is 17.9. The zero-order valence-corrected chi connectivity index (χ0v) is 13.5. The van der Waals surface area contributed by atoms with E-state index in [-0.39, 0.29) is 30.0 Å². The summed E-state index contributed by atoms with van der Waals surface area (Å²) in [6, 6.07) is 6.59. The number of rotatable bonds is 9. The first-order valence-electron chi connectivity index (χ1n) is 7.68. The van der Waals surface area contributed by atoms with Crippen molar-refractivity contribution in [3.8, 4) is 0 Å². The van der Waals surface area contributed by atoms with E-state index in [9.17, 15) is 14.4 Å².